The molecule has 1 unspecified atom stereocenters. The minimum absolute atomic E-state index is 0.0764. The number of halogens is 4. The Labute approximate surface area is 130 Å². The van der Waals surface area contributed by atoms with Gasteiger partial charge in [0, 0.05) is 8.04 Å². The molecule has 0 saturated carbocycles. The van der Waals surface area contributed by atoms with E-state index in [1.807, 2.05) is 6.07 Å². The minimum Gasteiger partial charge on any atom is -0.207 e. The summed E-state index contributed by atoms with van der Waals surface area (Å²) in [5, 5.41) is 0. The lowest BCUT2D eigenvalue weighted by Crippen LogP contribution is -1.96. The van der Waals surface area contributed by atoms with Crippen molar-refractivity contribution in [3.8, 4) is 0 Å². The standard InChI is InChI=1S/C13H8Br2FI/c14-9-3-6-12(17)11(7-9)13(15)8-1-4-10(16)5-2-8/h1-7,13H. The van der Waals surface area contributed by atoms with Gasteiger partial charge in [0.05, 0.1) is 4.83 Å². The van der Waals surface area contributed by atoms with E-state index in [1.165, 1.54) is 21.3 Å². The Hall–Kier alpha value is 0.0600. The number of hydrogen-bond acceptors (Lipinski definition) is 0. The van der Waals surface area contributed by atoms with Crippen LogP contribution in [0.1, 0.15) is 16.0 Å². The van der Waals surface area contributed by atoms with Crippen LogP contribution in [0.4, 0.5) is 4.39 Å². The van der Waals surface area contributed by atoms with Gasteiger partial charge in [0.25, 0.3) is 0 Å². The van der Waals surface area contributed by atoms with Crippen molar-refractivity contribution in [3.05, 3.63) is 67.5 Å². The first kappa shape index (κ1) is 13.5. The molecule has 0 heterocycles. The fourth-order valence-corrected chi connectivity index (χ4v) is 3.66. The molecule has 0 saturated heterocycles. The van der Waals surface area contributed by atoms with Crippen molar-refractivity contribution in [2.24, 2.45) is 0 Å². The monoisotopic (exact) mass is 468 g/mol. The summed E-state index contributed by atoms with van der Waals surface area (Å²) < 4.78 is 15.1. The Morgan fingerprint density at radius 2 is 1.71 bits per heavy atom. The Balaban J connectivity index is 2.39. The predicted molar refractivity (Wildman–Crippen MR) is 84.0 cm³/mol. The summed E-state index contributed by atoms with van der Waals surface area (Å²) in [7, 11) is 0. The van der Waals surface area contributed by atoms with Crippen LogP contribution in [0, 0.1) is 9.39 Å². The van der Waals surface area contributed by atoms with Crippen molar-refractivity contribution >= 4 is 54.5 Å². The zero-order valence-electron chi connectivity index (χ0n) is 8.63. The van der Waals surface area contributed by atoms with Crippen LogP contribution in [0.15, 0.2) is 46.9 Å². The number of rotatable bonds is 2. The zero-order valence-corrected chi connectivity index (χ0v) is 14.0. The van der Waals surface area contributed by atoms with E-state index in [9.17, 15) is 4.39 Å². The highest BCUT2D eigenvalue weighted by Crippen LogP contribution is 2.35. The van der Waals surface area contributed by atoms with Crippen LogP contribution in [-0.2, 0) is 0 Å². The van der Waals surface area contributed by atoms with Crippen molar-refractivity contribution in [2.75, 3.05) is 0 Å². The van der Waals surface area contributed by atoms with Crippen LogP contribution in [0.3, 0.4) is 0 Å². The van der Waals surface area contributed by atoms with Crippen LogP contribution in [0.5, 0.6) is 0 Å². The lowest BCUT2D eigenvalue weighted by Gasteiger charge is -2.13. The molecule has 2 aromatic rings. The summed E-state index contributed by atoms with van der Waals surface area (Å²) >= 11 is 9.42. The van der Waals surface area contributed by atoms with Crippen molar-refractivity contribution in [1.29, 1.82) is 0 Å². The Morgan fingerprint density at radius 1 is 1.06 bits per heavy atom. The summed E-state index contributed by atoms with van der Waals surface area (Å²) in [6.07, 6.45) is 0. The largest absolute Gasteiger partial charge is 0.207 e. The van der Waals surface area contributed by atoms with Crippen LogP contribution in [-0.4, -0.2) is 0 Å². The molecule has 2 rings (SSSR count). The normalized spacial score (nSPS) is 12.5. The van der Waals surface area contributed by atoms with Crippen molar-refractivity contribution < 1.29 is 4.39 Å². The van der Waals surface area contributed by atoms with E-state index in [4.69, 9.17) is 0 Å². The lowest BCUT2D eigenvalue weighted by molar-refractivity contribution is 0.627. The molecule has 4 heteroatoms. The Bertz CT molecular complexity index is 525. The summed E-state index contributed by atoms with van der Waals surface area (Å²) in [5.74, 6) is -0.211. The van der Waals surface area contributed by atoms with Crippen LogP contribution in [0.25, 0.3) is 0 Å². The molecule has 0 spiro atoms. The maximum Gasteiger partial charge on any atom is 0.123 e. The zero-order chi connectivity index (χ0) is 12.4. The molecule has 0 amide bonds. The van der Waals surface area contributed by atoms with Gasteiger partial charge in [0.2, 0.25) is 0 Å². The molecule has 88 valence electrons. The first-order chi connectivity index (χ1) is 8.08. The van der Waals surface area contributed by atoms with E-state index in [1.54, 1.807) is 12.1 Å². The maximum atomic E-state index is 12.9. The molecule has 0 fully saturated rings. The van der Waals surface area contributed by atoms with E-state index < -0.39 is 0 Å². The van der Waals surface area contributed by atoms with Crippen LogP contribution in [0.2, 0.25) is 0 Å². The highest BCUT2D eigenvalue weighted by Gasteiger charge is 2.13. The van der Waals surface area contributed by atoms with Gasteiger partial charge in [-0.15, -0.1) is 0 Å². The molecular weight excluding hydrogens is 462 g/mol. The second kappa shape index (κ2) is 5.80. The predicted octanol–water partition coefficient (Wildman–Crippen LogP) is 5.68. The first-order valence-corrected chi connectivity index (χ1v) is 7.71. The minimum atomic E-state index is -0.211. The van der Waals surface area contributed by atoms with Gasteiger partial charge in [-0.3, -0.25) is 0 Å². The molecule has 0 radical (unpaired) electrons. The topological polar surface area (TPSA) is 0 Å². The molecule has 0 nitrogen and oxygen atoms in total. The van der Waals surface area contributed by atoms with E-state index >= 15 is 0 Å². The smallest absolute Gasteiger partial charge is 0.123 e. The second-order valence-electron chi connectivity index (χ2n) is 3.58. The first-order valence-electron chi connectivity index (χ1n) is 4.92. The van der Waals surface area contributed by atoms with Gasteiger partial charge < -0.3 is 0 Å². The Morgan fingerprint density at radius 3 is 2.35 bits per heavy atom. The fraction of sp³-hybridized carbons (Fsp3) is 0.0769. The highest BCUT2D eigenvalue weighted by atomic mass is 127. The van der Waals surface area contributed by atoms with Gasteiger partial charge >= 0.3 is 0 Å². The van der Waals surface area contributed by atoms with Crippen LogP contribution >= 0.6 is 54.5 Å². The molecule has 0 aliphatic carbocycles. The number of alkyl halides is 1. The average Bonchev–Trinajstić information content (AvgIpc) is 2.32. The lowest BCUT2D eigenvalue weighted by atomic mass is 10.1. The van der Waals surface area contributed by atoms with Gasteiger partial charge in [0.1, 0.15) is 5.82 Å². The van der Waals surface area contributed by atoms with Crippen molar-refractivity contribution in [2.45, 2.75) is 4.83 Å². The maximum absolute atomic E-state index is 12.9. The molecule has 2 aromatic carbocycles. The second-order valence-corrected chi connectivity index (χ2v) is 6.57. The quantitative estimate of drug-likeness (QED) is 0.392. The summed E-state index contributed by atoms with van der Waals surface area (Å²) in [4.78, 5) is 0.0764. The van der Waals surface area contributed by atoms with E-state index in [0.717, 1.165) is 10.0 Å². The van der Waals surface area contributed by atoms with E-state index in [-0.39, 0.29) is 10.6 Å². The third-order valence-corrected chi connectivity index (χ3v) is 4.89. The molecule has 0 N–H and O–H groups in total. The number of hydrogen-bond donors (Lipinski definition) is 0. The number of benzene rings is 2. The Kier molecular flexibility index (Phi) is 4.60. The third kappa shape index (κ3) is 3.29. The molecule has 1 atom stereocenters. The highest BCUT2D eigenvalue weighted by molar-refractivity contribution is 14.1. The molecule has 0 bridgehead atoms. The average molecular weight is 470 g/mol. The van der Waals surface area contributed by atoms with E-state index in [2.05, 4.69) is 66.6 Å². The van der Waals surface area contributed by atoms with Crippen molar-refractivity contribution in [1.82, 2.24) is 0 Å². The molecule has 0 aliphatic heterocycles. The summed E-state index contributed by atoms with van der Waals surface area (Å²) in [6, 6.07) is 12.7. The molecule has 0 aromatic heterocycles. The summed E-state index contributed by atoms with van der Waals surface area (Å²) in [6.45, 7) is 0. The molecular formula is C13H8Br2FI. The van der Waals surface area contributed by atoms with Gasteiger partial charge in [-0.05, 0) is 64.0 Å². The van der Waals surface area contributed by atoms with E-state index in [0.29, 0.717) is 0 Å². The van der Waals surface area contributed by atoms with Gasteiger partial charge in [-0.2, -0.15) is 0 Å². The summed E-state index contributed by atoms with van der Waals surface area (Å²) in [5.41, 5.74) is 2.22. The third-order valence-electron chi connectivity index (χ3n) is 2.39. The molecule has 0 aliphatic rings. The molecule has 17 heavy (non-hydrogen) atoms. The fourth-order valence-electron chi connectivity index (χ4n) is 1.52. The van der Waals surface area contributed by atoms with Crippen LogP contribution < -0.4 is 0 Å². The SMILES string of the molecule is Fc1ccc(C(Br)c2cc(Br)ccc2I)cc1. The van der Waals surface area contributed by atoms with Gasteiger partial charge in [0.15, 0.2) is 0 Å². The van der Waals surface area contributed by atoms with Gasteiger partial charge in [-0.25, -0.2) is 4.39 Å². The van der Waals surface area contributed by atoms with Crippen molar-refractivity contribution in [3.63, 3.8) is 0 Å². The van der Waals surface area contributed by atoms with Gasteiger partial charge in [-0.1, -0.05) is 44.0 Å².